The Morgan fingerprint density at radius 2 is 2.04 bits per heavy atom. The van der Waals surface area contributed by atoms with Crippen LogP contribution in [0.1, 0.15) is 17.8 Å². The summed E-state index contributed by atoms with van der Waals surface area (Å²) in [5.74, 6) is 1.82. The van der Waals surface area contributed by atoms with Gasteiger partial charge >= 0.3 is 0 Å². The summed E-state index contributed by atoms with van der Waals surface area (Å²) in [5.41, 5.74) is 8.70. The van der Waals surface area contributed by atoms with Gasteiger partial charge < -0.3 is 4.90 Å². The second-order valence-electron chi connectivity index (χ2n) is 6.89. The van der Waals surface area contributed by atoms with Gasteiger partial charge in [0.15, 0.2) is 5.65 Å². The van der Waals surface area contributed by atoms with Crippen LogP contribution in [-0.4, -0.2) is 45.9 Å². The van der Waals surface area contributed by atoms with E-state index >= 15 is 0 Å². The van der Waals surface area contributed by atoms with Gasteiger partial charge in [-0.3, -0.25) is 15.5 Å². The molecule has 0 saturated carbocycles. The van der Waals surface area contributed by atoms with Gasteiger partial charge in [-0.25, -0.2) is 9.97 Å². The molecule has 3 heterocycles. The Balaban J connectivity index is 1.60. The quantitative estimate of drug-likeness (QED) is 0.700. The number of nitrogens with zero attached hydrogens (tertiary/aromatic N) is 5. The molecule has 26 heavy (non-hydrogen) atoms. The Morgan fingerprint density at radius 1 is 1.19 bits per heavy atom. The van der Waals surface area contributed by atoms with E-state index in [9.17, 15) is 0 Å². The van der Waals surface area contributed by atoms with Gasteiger partial charge in [0.1, 0.15) is 11.6 Å². The predicted molar refractivity (Wildman–Crippen MR) is 103 cm³/mol. The standard InChI is InChI=1S/C19H25N7/c1-25(13-15-10-11-20-24-15)18-16-12-21-26(2)19(16)23-17(22-18)9-8-14-6-4-3-5-7-14/h3-7,12,15,20,24H,8-11,13H2,1-2H3. The molecule has 2 N–H and O–H groups in total. The minimum absolute atomic E-state index is 0.425. The number of likely N-dealkylation sites (N-methyl/N-ethyl adjacent to an activating group) is 1. The van der Waals surface area contributed by atoms with E-state index in [4.69, 9.17) is 9.97 Å². The Labute approximate surface area is 153 Å². The highest BCUT2D eigenvalue weighted by atomic mass is 15.4. The molecule has 1 fully saturated rings. The smallest absolute Gasteiger partial charge is 0.163 e. The molecule has 1 saturated heterocycles. The summed E-state index contributed by atoms with van der Waals surface area (Å²) in [6, 6.07) is 10.9. The zero-order chi connectivity index (χ0) is 17.9. The SMILES string of the molecule is CN(CC1CCNN1)c1nc(CCc2ccccc2)nc2c1cnn2C. The van der Waals surface area contributed by atoms with Crippen molar-refractivity contribution in [2.45, 2.75) is 25.3 Å². The first-order chi connectivity index (χ1) is 12.7. The van der Waals surface area contributed by atoms with Crippen LogP contribution in [-0.2, 0) is 19.9 Å². The largest absolute Gasteiger partial charge is 0.357 e. The number of aryl methyl sites for hydroxylation is 3. The maximum absolute atomic E-state index is 4.88. The van der Waals surface area contributed by atoms with E-state index in [-0.39, 0.29) is 0 Å². The van der Waals surface area contributed by atoms with Crippen LogP contribution in [0.4, 0.5) is 5.82 Å². The van der Waals surface area contributed by atoms with Gasteiger partial charge in [0.25, 0.3) is 0 Å². The van der Waals surface area contributed by atoms with E-state index < -0.39 is 0 Å². The summed E-state index contributed by atoms with van der Waals surface area (Å²) in [6.07, 6.45) is 4.73. The van der Waals surface area contributed by atoms with Crippen LogP contribution in [0.15, 0.2) is 36.5 Å². The minimum atomic E-state index is 0.425. The molecule has 0 amide bonds. The number of hydrazine groups is 1. The maximum atomic E-state index is 4.88. The molecule has 0 radical (unpaired) electrons. The number of benzene rings is 1. The van der Waals surface area contributed by atoms with Crippen LogP contribution in [0.2, 0.25) is 0 Å². The molecule has 0 bridgehead atoms. The highest BCUT2D eigenvalue weighted by Crippen LogP contribution is 2.23. The Kier molecular flexibility index (Phi) is 4.81. The molecule has 3 aromatic rings. The number of aromatic nitrogens is 4. The first kappa shape index (κ1) is 16.9. The number of fused-ring (bicyclic) bond motifs is 1. The van der Waals surface area contributed by atoms with E-state index in [1.165, 1.54) is 5.56 Å². The van der Waals surface area contributed by atoms with Crippen LogP contribution in [0.25, 0.3) is 11.0 Å². The van der Waals surface area contributed by atoms with E-state index in [0.29, 0.717) is 6.04 Å². The molecule has 4 rings (SSSR count). The summed E-state index contributed by atoms with van der Waals surface area (Å²) in [5, 5.41) is 5.39. The third-order valence-corrected chi connectivity index (χ3v) is 4.88. The van der Waals surface area contributed by atoms with Crippen molar-refractivity contribution in [3.8, 4) is 0 Å². The highest BCUT2D eigenvalue weighted by Gasteiger charge is 2.20. The lowest BCUT2D eigenvalue weighted by molar-refractivity contribution is 0.551. The van der Waals surface area contributed by atoms with E-state index in [0.717, 1.165) is 55.0 Å². The minimum Gasteiger partial charge on any atom is -0.357 e. The molecular formula is C19H25N7. The summed E-state index contributed by atoms with van der Waals surface area (Å²) in [6.45, 7) is 1.90. The van der Waals surface area contributed by atoms with Crippen molar-refractivity contribution >= 4 is 16.9 Å². The van der Waals surface area contributed by atoms with Gasteiger partial charge in [0.05, 0.1) is 11.6 Å². The van der Waals surface area contributed by atoms with E-state index in [2.05, 4.69) is 52.2 Å². The first-order valence-electron chi connectivity index (χ1n) is 9.13. The van der Waals surface area contributed by atoms with Gasteiger partial charge in [-0.15, -0.1) is 0 Å². The molecule has 1 aromatic carbocycles. The van der Waals surface area contributed by atoms with Crippen molar-refractivity contribution in [2.75, 3.05) is 25.0 Å². The number of hydrogen-bond donors (Lipinski definition) is 2. The van der Waals surface area contributed by atoms with Crippen molar-refractivity contribution in [1.29, 1.82) is 0 Å². The zero-order valence-corrected chi connectivity index (χ0v) is 15.3. The normalized spacial score (nSPS) is 17.1. The molecule has 1 atom stereocenters. The fraction of sp³-hybridized carbons (Fsp3) is 0.421. The number of nitrogens with one attached hydrogen (secondary N) is 2. The lowest BCUT2D eigenvalue weighted by Gasteiger charge is -2.23. The fourth-order valence-electron chi connectivity index (χ4n) is 3.44. The Morgan fingerprint density at radius 3 is 2.81 bits per heavy atom. The highest BCUT2D eigenvalue weighted by molar-refractivity contribution is 5.86. The van der Waals surface area contributed by atoms with E-state index in [1.807, 2.05) is 24.0 Å². The van der Waals surface area contributed by atoms with Gasteiger partial charge in [0.2, 0.25) is 0 Å². The number of hydrogen-bond acceptors (Lipinski definition) is 6. The third kappa shape index (κ3) is 3.54. The second-order valence-corrected chi connectivity index (χ2v) is 6.89. The van der Waals surface area contributed by atoms with Crippen LogP contribution >= 0.6 is 0 Å². The molecule has 136 valence electrons. The lowest BCUT2D eigenvalue weighted by atomic mass is 10.1. The molecule has 1 aliphatic rings. The molecule has 1 aliphatic heterocycles. The van der Waals surface area contributed by atoms with Crippen LogP contribution in [0.5, 0.6) is 0 Å². The molecule has 0 aliphatic carbocycles. The third-order valence-electron chi connectivity index (χ3n) is 4.88. The summed E-state index contributed by atoms with van der Waals surface area (Å²) >= 11 is 0. The molecule has 7 nitrogen and oxygen atoms in total. The van der Waals surface area contributed by atoms with Gasteiger partial charge in [0, 0.05) is 39.6 Å². The van der Waals surface area contributed by atoms with Crippen molar-refractivity contribution in [1.82, 2.24) is 30.6 Å². The second kappa shape index (κ2) is 7.39. The zero-order valence-electron chi connectivity index (χ0n) is 15.3. The summed E-state index contributed by atoms with van der Waals surface area (Å²) < 4.78 is 1.83. The molecule has 7 heteroatoms. The topological polar surface area (TPSA) is 70.9 Å². The van der Waals surface area contributed by atoms with Gasteiger partial charge in [-0.1, -0.05) is 30.3 Å². The number of anilines is 1. The van der Waals surface area contributed by atoms with Gasteiger partial charge in [-0.05, 0) is 18.4 Å². The molecule has 0 spiro atoms. The van der Waals surface area contributed by atoms with Crippen molar-refractivity contribution < 1.29 is 0 Å². The van der Waals surface area contributed by atoms with Crippen molar-refractivity contribution in [3.05, 3.63) is 47.9 Å². The summed E-state index contributed by atoms with van der Waals surface area (Å²) in [4.78, 5) is 11.9. The maximum Gasteiger partial charge on any atom is 0.163 e. The van der Waals surface area contributed by atoms with Crippen molar-refractivity contribution in [2.24, 2.45) is 7.05 Å². The van der Waals surface area contributed by atoms with Gasteiger partial charge in [-0.2, -0.15) is 5.10 Å². The average molecular weight is 351 g/mol. The molecule has 2 aromatic heterocycles. The molecule has 1 unspecified atom stereocenters. The average Bonchev–Trinajstić information content (AvgIpc) is 3.30. The molecular weight excluding hydrogens is 326 g/mol. The lowest BCUT2D eigenvalue weighted by Crippen LogP contribution is -2.39. The van der Waals surface area contributed by atoms with Crippen LogP contribution < -0.4 is 15.8 Å². The number of rotatable bonds is 6. The first-order valence-corrected chi connectivity index (χ1v) is 9.13. The van der Waals surface area contributed by atoms with Crippen molar-refractivity contribution in [3.63, 3.8) is 0 Å². The van der Waals surface area contributed by atoms with Crippen LogP contribution in [0.3, 0.4) is 0 Å². The van der Waals surface area contributed by atoms with Crippen LogP contribution in [0, 0.1) is 0 Å². The predicted octanol–water partition coefficient (Wildman–Crippen LogP) is 1.45. The fourth-order valence-corrected chi connectivity index (χ4v) is 3.44. The Hall–Kier alpha value is -2.51. The summed E-state index contributed by atoms with van der Waals surface area (Å²) in [7, 11) is 4.03. The van der Waals surface area contributed by atoms with E-state index in [1.54, 1.807) is 0 Å². The monoisotopic (exact) mass is 351 g/mol. The Bertz CT molecular complexity index is 868.